The highest BCUT2D eigenvalue weighted by atomic mass is 16.6. The van der Waals surface area contributed by atoms with Crippen molar-refractivity contribution in [3.05, 3.63) is 39.4 Å². The van der Waals surface area contributed by atoms with Crippen LogP contribution >= 0.6 is 0 Å². The predicted octanol–water partition coefficient (Wildman–Crippen LogP) is 0.792. The van der Waals surface area contributed by atoms with E-state index in [4.69, 9.17) is 0 Å². The number of benzene rings is 1. The SMILES string of the molecule is CN1CC(=O)Cc2ccc([N+](=O)[O-])cc2C1=O. The second-order valence-corrected chi connectivity index (χ2v) is 3.98. The van der Waals surface area contributed by atoms with E-state index in [-0.39, 0.29) is 35.9 Å². The summed E-state index contributed by atoms with van der Waals surface area (Å²) in [5.74, 6) is -0.428. The Morgan fingerprint density at radius 1 is 1.35 bits per heavy atom. The Bertz CT molecular complexity index is 524. The third-order valence-corrected chi connectivity index (χ3v) is 2.68. The maximum absolute atomic E-state index is 11.9. The summed E-state index contributed by atoms with van der Waals surface area (Å²) in [4.78, 5) is 34.8. The number of nitro groups is 1. The smallest absolute Gasteiger partial charge is 0.270 e. The second kappa shape index (κ2) is 3.97. The van der Waals surface area contributed by atoms with Gasteiger partial charge in [-0.1, -0.05) is 6.07 Å². The first-order valence-corrected chi connectivity index (χ1v) is 5.03. The molecule has 0 saturated carbocycles. The predicted molar refractivity (Wildman–Crippen MR) is 58.8 cm³/mol. The molecule has 0 aromatic heterocycles. The number of carbonyl (C=O) groups excluding carboxylic acids is 2. The molecule has 17 heavy (non-hydrogen) atoms. The number of non-ortho nitro benzene ring substituents is 1. The minimum atomic E-state index is -0.555. The van der Waals surface area contributed by atoms with E-state index in [0.29, 0.717) is 5.56 Å². The highest BCUT2D eigenvalue weighted by Gasteiger charge is 2.25. The molecule has 0 spiro atoms. The molecule has 0 bridgehead atoms. The normalized spacial score (nSPS) is 15.5. The summed E-state index contributed by atoms with van der Waals surface area (Å²) < 4.78 is 0. The molecule has 6 nitrogen and oxygen atoms in total. The molecular weight excluding hydrogens is 224 g/mol. The van der Waals surface area contributed by atoms with Crippen LogP contribution in [0.1, 0.15) is 15.9 Å². The molecule has 0 N–H and O–H groups in total. The van der Waals surface area contributed by atoms with Crippen molar-refractivity contribution in [3.8, 4) is 0 Å². The van der Waals surface area contributed by atoms with E-state index in [1.807, 2.05) is 0 Å². The number of nitrogens with zero attached hydrogens (tertiary/aromatic N) is 2. The van der Waals surface area contributed by atoms with Crippen LogP contribution in [0.4, 0.5) is 5.69 Å². The lowest BCUT2D eigenvalue weighted by atomic mass is 10.0. The van der Waals surface area contributed by atoms with E-state index < -0.39 is 4.92 Å². The highest BCUT2D eigenvalue weighted by Crippen LogP contribution is 2.22. The number of carbonyl (C=O) groups is 2. The van der Waals surface area contributed by atoms with Crippen molar-refractivity contribution in [2.75, 3.05) is 13.6 Å². The van der Waals surface area contributed by atoms with Gasteiger partial charge in [-0.2, -0.15) is 0 Å². The first-order valence-electron chi connectivity index (χ1n) is 5.03. The molecule has 1 heterocycles. The van der Waals surface area contributed by atoms with Gasteiger partial charge in [0.25, 0.3) is 11.6 Å². The molecule has 1 aromatic rings. The molecule has 1 aliphatic rings. The van der Waals surface area contributed by atoms with Gasteiger partial charge in [-0.05, 0) is 5.56 Å². The Morgan fingerprint density at radius 2 is 2.06 bits per heavy atom. The Labute approximate surface area is 97.0 Å². The zero-order valence-corrected chi connectivity index (χ0v) is 9.17. The summed E-state index contributed by atoms with van der Waals surface area (Å²) in [5, 5.41) is 10.6. The summed E-state index contributed by atoms with van der Waals surface area (Å²) in [6, 6.07) is 4.01. The number of fused-ring (bicyclic) bond motifs is 1. The quantitative estimate of drug-likeness (QED) is 0.531. The van der Waals surface area contributed by atoms with Crippen molar-refractivity contribution in [1.82, 2.24) is 4.90 Å². The standard InChI is InChI=1S/C11H10N2O4/c1-12-6-9(14)4-7-2-3-8(13(16)17)5-10(7)11(12)15/h2-3,5H,4,6H2,1H3. The van der Waals surface area contributed by atoms with Gasteiger partial charge in [0, 0.05) is 31.2 Å². The molecular formula is C11H10N2O4. The number of likely N-dealkylation sites (N-methyl/N-ethyl adjacent to an activating group) is 1. The van der Waals surface area contributed by atoms with Gasteiger partial charge in [0.2, 0.25) is 0 Å². The molecule has 1 amide bonds. The second-order valence-electron chi connectivity index (χ2n) is 3.98. The summed E-state index contributed by atoms with van der Waals surface area (Å²) in [5.41, 5.74) is 0.655. The number of nitro benzene ring substituents is 1. The van der Waals surface area contributed by atoms with E-state index in [2.05, 4.69) is 0 Å². The fourth-order valence-corrected chi connectivity index (χ4v) is 1.84. The lowest BCUT2D eigenvalue weighted by Gasteiger charge is -2.12. The minimum absolute atomic E-state index is 0.0430. The topological polar surface area (TPSA) is 80.5 Å². The minimum Gasteiger partial charge on any atom is -0.334 e. The lowest BCUT2D eigenvalue weighted by Crippen LogP contribution is -2.29. The fourth-order valence-electron chi connectivity index (χ4n) is 1.84. The number of amides is 1. The molecule has 0 unspecified atom stereocenters. The van der Waals surface area contributed by atoms with Gasteiger partial charge in [0.15, 0.2) is 5.78 Å². The molecule has 1 aromatic carbocycles. The third kappa shape index (κ3) is 2.01. The van der Waals surface area contributed by atoms with Crippen molar-refractivity contribution in [3.63, 3.8) is 0 Å². The van der Waals surface area contributed by atoms with E-state index in [0.717, 1.165) is 0 Å². The zero-order chi connectivity index (χ0) is 12.6. The van der Waals surface area contributed by atoms with Crippen LogP contribution in [0, 0.1) is 10.1 Å². The Balaban J connectivity index is 2.55. The third-order valence-electron chi connectivity index (χ3n) is 2.68. The first-order chi connectivity index (χ1) is 7.99. The molecule has 0 radical (unpaired) electrons. The van der Waals surface area contributed by atoms with Gasteiger partial charge < -0.3 is 4.90 Å². The Kier molecular flexibility index (Phi) is 2.63. The Morgan fingerprint density at radius 3 is 2.71 bits per heavy atom. The van der Waals surface area contributed by atoms with Crippen LogP contribution in [0.15, 0.2) is 18.2 Å². The molecule has 1 aliphatic heterocycles. The maximum Gasteiger partial charge on any atom is 0.270 e. The average molecular weight is 234 g/mol. The van der Waals surface area contributed by atoms with E-state index >= 15 is 0 Å². The van der Waals surface area contributed by atoms with Gasteiger partial charge in [-0.3, -0.25) is 19.7 Å². The van der Waals surface area contributed by atoms with Crippen LogP contribution in [0.3, 0.4) is 0 Å². The van der Waals surface area contributed by atoms with Crippen LogP contribution in [-0.2, 0) is 11.2 Å². The monoisotopic (exact) mass is 234 g/mol. The first kappa shape index (κ1) is 11.3. The largest absolute Gasteiger partial charge is 0.334 e. The summed E-state index contributed by atoms with van der Waals surface area (Å²) >= 11 is 0. The van der Waals surface area contributed by atoms with E-state index in [9.17, 15) is 19.7 Å². The van der Waals surface area contributed by atoms with Crippen molar-refractivity contribution in [1.29, 1.82) is 0 Å². The van der Waals surface area contributed by atoms with Crippen molar-refractivity contribution < 1.29 is 14.5 Å². The summed E-state index contributed by atoms with van der Waals surface area (Å²) in [7, 11) is 1.51. The van der Waals surface area contributed by atoms with Gasteiger partial charge in [0.05, 0.1) is 11.5 Å². The average Bonchev–Trinajstić information content (AvgIpc) is 2.37. The number of ketones is 1. The Hall–Kier alpha value is -2.24. The molecule has 88 valence electrons. The molecule has 0 aliphatic carbocycles. The zero-order valence-electron chi connectivity index (χ0n) is 9.17. The molecule has 0 fully saturated rings. The van der Waals surface area contributed by atoms with Crippen molar-refractivity contribution in [2.45, 2.75) is 6.42 Å². The molecule has 0 saturated heterocycles. The van der Waals surface area contributed by atoms with Gasteiger partial charge in [0.1, 0.15) is 0 Å². The number of rotatable bonds is 1. The number of Topliss-reactive ketones (excluding diaryl/α,β-unsaturated/α-hetero) is 1. The maximum atomic E-state index is 11.9. The van der Waals surface area contributed by atoms with Gasteiger partial charge >= 0.3 is 0 Å². The summed E-state index contributed by atoms with van der Waals surface area (Å²) in [6.45, 7) is 0.0430. The van der Waals surface area contributed by atoms with E-state index in [1.165, 1.54) is 30.1 Å². The fraction of sp³-hybridized carbons (Fsp3) is 0.273. The van der Waals surface area contributed by atoms with Crippen LogP contribution in [-0.4, -0.2) is 35.1 Å². The van der Waals surface area contributed by atoms with Crippen molar-refractivity contribution in [2.24, 2.45) is 0 Å². The van der Waals surface area contributed by atoms with Gasteiger partial charge in [-0.15, -0.1) is 0 Å². The van der Waals surface area contributed by atoms with Crippen LogP contribution in [0.25, 0.3) is 0 Å². The van der Waals surface area contributed by atoms with Crippen LogP contribution in [0.5, 0.6) is 0 Å². The molecule has 0 atom stereocenters. The summed E-state index contributed by atoms with van der Waals surface area (Å²) in [6.07, 6.45) is 0.142. The van der Waals surface area contributed by atoms with Crippen LogP contribution < -0.4 is 0 Å². The van der Waals surface area contributed by atoms with Gasteiger partial charge in [-0.25, -0.2) is 0 Å². The van der Waals surface area contributed by atoms with E-state index in [1.54, 1.807) is 0 Å². The lowest BCUT2D eigenvalue weighted by molar-refractivity contribution is -0.384. The number of hydrogen-bond acceptors (Lipinski definition) is 4. The van der Waals surface area contributed by atoms with Crippen molar-refractivity contribution >= 4 is 17.4 Å². The highest BCUT2D eigenvalue weighted by molar-refractivity contribution is 6.02. The molecule has 6 heteroatoms. The molecule has 2 rings (SSSR count). The van der Waals surface area contributed by atoms with Crippen LogP contribution in [0.2, 0.25) is 0 Å². The number of hydrogen-bond donors (Lipinski definition) is 0.